The van der Waals surface area contributed by atoms with E-state index in [0.29, 0.717) is 6.54 Å². The van der Waals surface area contributed by atoms with Crippen molar-refractivity contribution in [2.24, 2.45) is 5.73 Å². The molecule has 0 radical (unpaired) electrons. The van der Waals surface area contributed by atoms with Gasteiger partial charge in [0.05, 0.1) is 6.61 Å². The van der Waals surface area contributed by atoms with Crippen molar-refractivity contribution in [2.75, 3.05) is 25.1 Å². The molecule has 3 heteroatoms. The standard InChI is InChI=1S/C11H18N2O/c1-9(12)10-5-3-4-6-11(10)13(2)7-8-14/h3-6,9,14H,7-8,12H2,1-2H3/t9-/m1/s1. The number of aliphatic hydroxyl groups excluding tert-OH is 1. The Labute approximate surface area is 85.2 Å². The van der Waals surface area contributed by atoms with Gasteiger partial charge in [-0.2, -0.15) is 0 Å². The van der Waals surface area contributed by atoms with Crippen LogP contribution >= 0.6 is 0 Å². The number of nitrogens with zero attached hydrogens (tertiary/aromatic N) is 1. The molecule has 3 nitrogen and oxygen atoms in total. The molecule has 0 amide bonds. The summed E-state index contributed by atoms with van der Waals surface area (Å²) in [5, 5.41) is 8.85. The van der Waals surface area contributed by atoms with Gasteiger partial charge in [0, 0.05) is 25.3 Å². The average molecular weight is 194 g/mol. The number of benzene rings is 1. The second kappa shape index (κ2) is 4.98. The van der Waals surface area contributed by atoms with Gasteiger partial charge in [-0.3, -0.25) is 0 Å². The molecular weight excluding hydrogens is 176 g/mol. The van der Waals surface area contributed by atoms with Crippen molar-refractivity contribution >= 4 is 5.69 Å². The monoisotopic (exact) mass is 194 g/mol. The van der Waals surface area contributed by atoms with Crippen LogP contribution in [0.2, 0.25) is 0 Å². The van der Waals surface area contributed by atoms with Crippen molar-refractivity contribution < 1.29 is 5.11 Å². The Bertz CT molecular complexity index is 286. The summed E-state index contributed by atoms with van der Waals surface area (Å²) >= 11 is 0. The minimum atomic E-state index is 0.0207. The van der Waals surface area contributed by atoms with E-state index in [0.717, 1.165) is 11.3 Å². The molecular formula is C11H18N2O. The maximum Gasteiger partial charge on any atom is 0.0606 e. The zero-order valence-corrected chi connectivity index (χ0v) is 8.77. The Hall–Kier alpha value is -1.06. The zero-order valence-electron chi connectivity index (χ0n) is 8.77. The first kappa shape index (κ1) is 11.0. The Balaban J connectivity index is 2.94. The molecule has 0 unspecified atom stereocenters. The number of likely N-dealkylation sites (N-methyl/N-ethyl adjacent to an activating group) is 1. The van der Waals surface area contributed by atoms with Gasteiger partial charge in [0.25, 0.3) is 0 Å². The van der Waals surface area contributed by atoms with Gasteiger partial charge in [0.1, 0.15) is 0 Å². The molecule has 0 heterocycles. The normalized spacial score (nSPS) is 12.6. The lowest BCUT2D eigenvalue weighted by Crippen LogP contribution is -2.23. The molecule has 3 N–H and O–H groups in total. The van der Waals surface area contributed by atoms with Crippen molar-refractivity contribution in [1.29, 1.82) is 0 Å². The molecule has 1 aromatic rings. The van der Waals surface area contributed by atoms with Crippen LogP contribution in [-0.2, 0) is 0 Å². The predicted octanol–water partition coefficient (Wildman–Crippen LogP) is 1.13. The zero-order chi connectivity index (χ0) is 10.6. The lowest BCUT2D eigenvalue weighted by molar-refractivity contribution is 0.304. The number of rotatable bonds is 4. The molecule has 1 rings (SSSR count). The van der Waals surface area contributed by atoms with Gasteiger partial charge in [0.2, 0.25) is 0 Å². The number of anilines is 1. The Morgan fingerprint density at radius 3 is 2.64 bits per heavy atom. The van der Waals surface area contributed by atoms with E-state index in [1.165, 1.54) is 0 Å². The van der Waals surface area contributed by atoms with E-state index < -0.39 is 0 Å². The van der Waals surface area contributed by atoms with E-state index in [4.69, 9.17) is 10.8 Å². The summed E-state index contributed by atoms with van der Waals surface area (Å²) in [6.45, 7) is 2.75. The third-order valence-corrected chi connectivity index (χ3v) is 2.27. The first-order valence-corrected chi connectivity index (χ1v) is 4.83. The summed E-state index contributed by atoms with van der Waals surface area (Å²) in [4.78, 5) is 2.01. The maximum atomic E-state index is 8.85. The second-order valence-electron chi connectivity index (χ2n) is 3.49. The van der Waals surface area contributed by atoms with E-state index in [-0.39, 0.29) is 12.6 Å². The van der Waals surface area contributed by atoms with Gasteiger partial charge < -0.3 is 15.7 Å². The number of hydrogen-bond acceptors (Lipinski definition) is 3. The van der Waals surface area contributed by atoms with Crippen LogP contribution < -0.4 is 10.6 Å². The molecule has 0 saturated heterocycles. The summed E-state index contributed by atoms with van der Waals surface area (Å²) in [5.74, 6) is 0. The van der Waals surface area contributed by atoms with Gasteiger partial charge in [-0.05, 0) is 18.6 Å². The van der Waals surface area contributed by atoms with Crippen LogP contribution in [0, 0.1) is 0 Å². The number of hydrogen-bond donors (Lipinski definition) is 2. The number of nitrogens with two attached hydrogens (primary N) is 1. The van der Waals surface area contributed by atoms with Gasteiger partial charge in [-0.1, -0.05) is 18.2 Å². The Morgan fingerprint density at radius 2 is 2.07 bits per heavy atom. The topological polar surface area (TPSA) is 49.5 Å². The minimum Gasteiger partial charge on any atom is -0.395 e. The Morgan fingerprint density at radius 1 is 1.43 bits per heavy atom. The molecule has 0 spiro atoms. The van der Waals surface area contributed by atoms with Crippen molar-refractivity contribution in [1.82, 2.24) is 0 Å². The highest BCUT2D eigenvalue weighted by molar-refractivity contribution is 5.54. The first-order chi connectivity index (χ1) is 6.66. The molecule has 1 atom stereocenters. The lowest BCUT2D eigenvalue weighted by Gasteiger charge is -2.22. The summed E-state index contributed by atoms with van der Waals surface area (Å²) in [5.41, 5.74) is 8.07. The van der Waals surface area contributed by atoms with E-state index in [1.54, 1.807) is 0 Å². The van der Waals surface area contributed by atoms with Gasteiger partial charge in [0.15, 0.2) is 0 Å². The van der Waals surface area contributed by atoms with E-state index in [2.05, 4.69) is 0 Å². The quantitative estimate of drug-likeness (QED) is 0.755. The summed E-state index contributed by atoms with van der Waals surface area (Å²) in [6.07, 6.45) is 0. The molecule has 0 aliphatic rings. The second-order valence-corrected chi connectivity index (χ2v) is 3.49. The highest BCUT2D eigenvalue weighted by Crippen LogP contribution is 2.23. The molecule has 78 valence electrons. The van der Waals surface area contributed by atoms with Crippen LogP contribution in [-0.4, -0.2) is 25.3 Å². The number of aliphatic hydroxyl groups is 1. The fourth-order valence-corrected chi connectivity index (χ4v) is 1.49. The lowest BCUT2D eigenvalue weighted by atomic mass is 10.1. The van der Waals surface area contributed by atoms with Crippen LogP contribution in [0.1, 0.15) is 18.5 Å². The van der Waals surface area contributed by atoms with Gasteiger partial charge in [-0.15, -0.1) is 0 Å². The summed E-state index contributed by atoms with van der Waals surface area (Å²) in [7, 11) is 1.96. The molecule has 14 heavy (non-hydrogen) atoms. The molecule has 0 aromatic heterocycles. The van der Waals surface area contributed by atoms with Crippen molar-refractivity contribution in [3.8, 4) is 0 Å². The van der Waals surface area contributed by atoms with Gasteiger partial charge >= 0.3 is 0 Å². The van der Waals surface area contributed by atoms with Crippen LogP contribution in [0.3, 0.4) is 0 Å². The van der Waals surface area contributed by atoms with Crippen molar-refractivity contribution in [2.45, 2.75) is 13.0 Å². The molecule has 1 aromatic carbocycles. The molecule has 0 aliphatic carbocycles. The summed E-state index contributed by atoms with van der Waals surface area (Å²) < 4.78 is 0. The first-order valence-electron chi connectivity index (χ1n) is 4.83. The van der Waals surface area contributed by atoms with Crippen molar-refractivity contribution in [3.05, 3.63) is 29.8 Å². The fourth-order valence-electron chi connectivity index (χ4n) is 1.49. The van der Waals surface area contributed by atoms with Crippen molar-refractivity contribution in [3.63, 3.8) is 0 Å². The third kappa shape index (κ3) is 2.47. The van der Waals surface area contributed by atoms with Crippen LogP contribution in [0.5, 0.6) is 0 Å². The summed E-state index contributed by atoms with van der Waals surface area (Å²) in [6, 6.07) is 8.03. The smallest absolute Gasteiger partial charge is 0.0606 e. The largest absolute Gasteiger partial charge is 0.395 e. The predicted molar refractivity (Wildman–Crippen MR) is 59.4 cm³/mol. The SMILES string of the molecule is C[C@@H](N)c1ccccc1N(C)CCO. The fraction of sp³-hybridized carbons (Fsp3) is 0.455. The Kier molecular flexibility index (Phi) is 3.92. The van der Waals surface area contributed by atoms with E-state index in [9.17, 15) is 0 Å². The van der Waals surface area contributed by atoms with Crippen LogP contribution in [0.15, 0.2) is 24.3 Å². The van der Waals surface area contributed by atoms with Crippen LogP contribution in [0.4, 0.5) is 5.69 Å². The highest BCUT2D eigenvalue weighted by Gasteiger charge is 2.08. The third-order valence-electron chi connectivity index (χ3n) is 2.27. The highest BCUT2D eigenvalue weighted by atomic mass is 16.3. The van der Waals surface area contributed by atoms with Crippen LogP contribution in [0.25, 0.3) is 0 Å². The minimum absolute atomic E-state index is 0.0207. The maximum absolute atomic E-state index is 8.85. The molecule has 0 saturated carbocycles. The molecule has 0 fully saturated rings. The molecule has 0 aliphatic heterocycles. The van der Waals surface area contributed by atoms with Gasteiger partial charge in [-0.25, -0.2) is 0 Å². The van der Waals surface area contributed by atoms with E-state index >= 15 is 0 Å². The average Bonchev–Trinajstić information content (AvgIpc) is 2.18. The van der Waals surface area contributed by atoms with E-state index in [1.807, 2.05) is 43.1 Å². The number of para-hydroxylation sites is 1. The molecule has 0 bridgehead atoms.